The molecule has 1 saturated heterocycles. The molecule has 2 N–H and O–H groups in total. The lowest BCUT2D eigenvalue weighted by molar-refractivity contribution is 0.0499. The number of hydrogen-bond donors (Lipinski definition) is 2. The molecule has 4 atom stereocenters. The van der Waals surface area contributed by atoms with Crippen LogP contribution in [0.25, 0.3) is 0 Å². The fourth-order valence-corrected chi connectivity index (χ4v) is 3.64. The maximum Gasteiger partial charge on any atom is 0.407 e. The average molecular weight is 326 g/mol. The van der Waals surface area contributed by atoms with Crippen LogP contribution in [0, 0.1) is 5.92 Å². The summed E-state index contributed by atoms with van der Waals surface area (Å²) in [5.74, 6) is 0.472. The zero-order valence-corrected chi connectivity index (χ0v) is 15.2. The van der Waals surface area contributed by atoms with E-state index in [0.29, 0.717) is 30.7 Å². The first-order chi connectivity index (χ1) is 10.8. The smallest absolute Gasteiger partial charge is 0.407 e. The lowest BCUT2D eigenvalue weighted by Crippen LogP contribution is -2.50. The van der Waals surface area contributed by atoms with Gasteiger partial charge in [0.15, 0.2) is 0 Å². The molecule has 0 aromatic carbocycles. The van der Waals surface area contributed by atoms with Crippen LogP contribution >= 0.6 is 0 Å². The minimum absolute atomic E-state index is 0.311. The minimum Gasteiger partial charge on any atom is -0.444 e. The van der Waals surface area contributed by atoms with Crippen molar-refractivity contribution < 1.29 is 14.3 Å². The van der Waals surface area contributed by atoms with Gasteiger partial charge in [-0.1, -0.05) is 12.8 Å². The summed E-state index contributed by atoms with van der Waals surface area (Å²) in [6.45, 7) is 9.47. The highest BCUT2D eigenvalue weighted by Gasteiger charge is 2.30. The van der Waals surface area contributed by atoms with Crippen LogP contribution < -0.4 is 10.6 Å². The Morgan fingerprint density at radius 1 is 1.22 bits per heavy atom. The first-order valence-corrected chi connectivity index (χ1v) is 9.19. The Labute approximate surface area is 140 Å². The van der Waals surface area contributed by atoms with Gasteiger partial charge >= 0.3 is 6.09 Å². The molecule has 23 heavy (non-hydrogen) atoms. The first kappa shape index (κ1) is 18.5. The van der Waals surface area contributed by atoms with Crippen LogP contribution in [-0.2, 0) is 9.47 Å². The zero-order valence-electron chi connectivity index (χ0n) is 15.2. The molecule has 1 amide bonds. The monoisotopic (exact) mass is 326 g/mol. The molecule has 0 bridgehead atoms. The van der Waals surface area contributed by atoms with Gasteiger partial charge in [0.2, 0.25) is 0 Å². The number of carbonyl (C=O) groups is 1. The van der Waals surface area contributed by atoms with E-state index >= 15 is 0 Å². The Hall–Kier alpha value is -0.810. The number of rotatable bonds is 5. The van der Waals surface area contributed by atoms with Crippen LogP contribution in [0.15, 0.2) is 0 Å². The van der Waals surface area contributed by atoms with Crippen LogP contribution in [0.4, 0.5) is 4.79 Å². The number of hydrogen-bond acceptors (Lipinski definition) is 4. The first-order valence-electron chi connectivity index (χ1n) is 9.19. The predicted molar refractivity (Wildman–Crippen MR) is 91.6 cm³/mol. The fraction of sp³-hybridized carbons (Fsp3) is 0.944. The fourth-order valence-electron chi connectivity index (χ4n) is 3.64. The molecule has 5 heteroatoms. The summed E-state index contributed by atoms with van der Waals surface area (Å²) >= 11 is 0. The van der Waals surface area contributed by atoms with E-state index in [-0.39, 0.29) is 6.09 Å². The zero-order chi connectivity index (χ0) is 16.9. The highest BCUT2D eigenvalue weighted by molar-refractivity contribution is 5.67. The van der Waals surface area contributed by atoms with Gasteiger partial charge < -0.3 is 20.1 Å². The Kier molecular flexibility index (Phi) is 6.72. The molecular weight excluding hydrogens is 292 g/mol. The van der Waals surface area contributed by atoms with Crippen LogP contribution in [-0.4, -0.2) is 43.0 Å². The number of alkyl carbamates (subject to hydrolysis) is 1. The molecule has 1 heterocycles. The number of carbonyl (C=O) groups excluding carboxylic acids is 1. The van der Waals surface area contributed by atoms with Crippen LogP contribution in [0.2, 0.25) is 0 Å². The summed E-state index contributed by atoms with van der Waals surface area (Å²) < 4.78 is 11.1. The number of ether oxygens (including phenoxy) is 2. The Morgan fingerprint density at radius 2 is 1.96 bits per heavy atom. The summed E-state index contributed by atoms with van der Waals surface area (Å²) in [6, 6.07) is 0.836. The van der Waals surface area contributed by atoms with Crippen molar-refractivity contribution in [3.63, 3.8) is 0 Å². The van der Waals surface area contributed by atoms with Crippen molar-refractivity contribution >= 4 is 6.09 Å². The molecule has 5 nitrogen and oxygen atoms in total. The van der Waals surface area contributed by atoms with Gasteiger partial charge in [-0.15, -0.1) is 0 Å². The Morgan fingerprint density at radius 3 is 2.61 bits per heavy atom. The molecule has 134 valence electrons. The van der Waals surface area contributed by atoms with Crippen molar-refractivity contribution in [2.24, 2.45) is 5.92 Å². The van der Waals surface area contributed by atoms with Gasteiger partial charge in [-0.25, -0.2) is 4.79 Å². The largest absolute Gasteiger partial charge is 0.444 e. The second-order valence-corrected chi connectivity index (χ2v) is 8.04. The molecule has 0 aromatic rings. The lowest BCUT2D eigenvalue weighted by Gasteiger charge is -2.36. The predicted octanol–water partition coefficient (Wildman–Crippen LogP) is 3.23. The molecule has 0 spiro atoms. The van der Waals surface area contributed by atoms with Crippen molar-refractivity contribution in [3.8, 4) is 0 Å². The Balaban J connectivity index is 1.79. The molecule has 2 aliphatic rings. The van der Waals surface area contributed by atoms with E-state index in [0.717, 1.165) is 19.4 Å². The third-order valence-corrected chi connectivity index (χ3v) is 4.82. The van der Waals surface area contributed by atoms with Crippen LogP contribution in [0.1, 0.15) is 66.2 Å². The van der Waals surface area contributed by atoms with E-state index in [2.05, 4.69) is 17.6 Å². The molecule has 1 aliphatic heterocycles. The van der Waals surface area contributed by atoms with Gasteiger partial charge in [0.25, 0.3) is 0 Å². The van der Waals surface area contributed by atoms with Crippen molar-refractivity contribution in [1.29, 1.82) is 0 Å². The van der Waals surface area contributed by atoms with Gasteiger partial charge in [0.1, 0.15) is 5.60 Å². The summed E-state index contributed by atoms with van der Waals surface area (Å²) in [5, 5.41) is 6.71. The topological polar surface area (TPSA) is 59.6 Å². The van der Waals surface area contributed by atoms with Gasteiger partial charge in [-0.3, -0.25) is 0 Å². The van der Waals surface area contributed by atoms with Crippen LogP contribution in [0.3, 0.4) is 0 Å². The second-order valence-electron chi connectivity index (χ2n) is 8.04. The van der Waals surface area contributed by atoms with Crippen molar-refractivity contribution in [3.05, 3.63) is 0 Å². The van der Waals surface area contributed by atoms with Crippen molar-refractivity contribution in [1.82, 2.24) is 10.6 Å². The summed E-state index contributed by atoms with van der Waals surface area (Å²) in [5.41, 5.74) is -0.442. The van der Waals surface area contributed by atoms with Crippen LogP contribution in [0.5, 0.6) is 0 Å². The highest BCUT2D eigenvalue weighted by atomic mass is 16.6. The van der Waals surface area contributed by atoms with E-state index in [4.69, 9.17) is 9.47 Å². The lowest BCUT2D eigenvalue weighted by atomic mass is 9.83. The minimum atomic E-state index is -0.442. The second kappa shape index (κ2) is 8.34. The molecule has 1 saturated carbocycles. The molecular formula is C18H34N2O3. The maximum atomic E-state index is 11.9. The van der Waals surface area contributed by atoms with Crippen molar-refractivity contribution in [2.75, 3.05) is 13.2 Å². The van der Waals surface area contributed by atoms with E-state index in [9.17, 15) is 4.79 Å². The van der Waals surface area contributed by atoms with E-state index < -0.39 is 5.60 Å². The van der Waals surface area contributed by atoms with Gasteiger partial charge in [-0.2, -0.15) is 0 Å². The van der Waals surface area contributed by atoms with Gasteiger partial charge in [0.05, 0.1) is 6.10 Å². The summed E-state index contributed by atoms with van der Waals surface area (Å²) in [7, 11) is 0. The number of nitrogens with one attached hydrogen (secondary N) is 2. The van der Waals surface area contributed by atoms with Crippen molar-refractivity contribution in [2.45, 2.75) is 90.0 Å². The van der Waals surface area contributed by atoms with E-state index in [1.165, 1.54) is 25.7 Å². The Bertz CT molecular complexity index is 375. The maximum absolute atomic E-state index is 11.9. The van der Waals surface area contributed by atoms with E-state index in [1.807, 2.05) is 20.8 Å². The molecule has 0 radical (unpaired) electrons. The molecule has 2 fully saturated rings. The molecule has 0 aromatic heterocycles. The third kappa shape index (κ3) is 6.30. The average Bonchev–Trinajstić information content (AvgIpc) is 2.99. The standard InChI is InChI=1S/C18H34N2O3/c1-13(16-10-7-11-22-16)20-15-9-6-5-8-14(15)12-19-17(21)23-18(2,3)4/h13-16,20H,5-12H2,1-4H3,(H,19,21). The SMILES string of the molecule is CC(NC1CCCCC1CNC(=O)OC(C)(C)C)C1CCCO1. The highest BCUT2D eigenvalue weighted by Crippen LogP contribution is 2.26. The molecule has 2 rings (SSSR count). The number of amides is 1. The van der Waals surface area contributed by atoms with Gasteiger partial charge in [0, 0.05) is 25.2 Å². The normalized spacial score (nSPS) is 30.0. The van der Waals surface area contributed by atoms with E-state index in [1.54, 1.807) is 0 Å². The quantitative estimate of drug-likeness (QED) is 0.814. The molecule has 1 aliphatic carbocycles. The summed E-state index contributed by atoms with van der Waals surface area (Å²) in [4.78, 5) is 11.9. The van der Waals surface area contributed by atoms with Gasteiger partial charge in [-0.05, 0) is 59.3 Å². The summed E-state index contributed by atoms with van der Waals surface area (Å²) in [6.07, 6.45) is 7.20. The molecule has 4 unspecified atom stereocenters. The third-order valence-electron chi connectivity index (χ3n) is 4.82.